The van der Waals surface area contributed by atoms with Crippen molar-refractivity contribution < 1.29 is 22.7 Å². The number of benzene rings is 2. The number of fused-ring (bicyclic) bond motifs is 4. The quantitative estimate of drug-likeness (QED) is 0.347. The molecule has 3 fully saturated rings. The molecule has 11 heteroatoms. The highest BCUT2D eigenvalue weighted by atomic mass is 35.5. The fraction of sp³-hybridized carbons (Fsp3) is 0.634. The average molecular weight is 753 g/mol. The molecule has 2 aromatic rings. The molecule has 284 valence electrons. The van der Waals surface area contributed by atoms with Crippen LogP contribution in [0.5, 0.6) is 5.75 Å². The first kappa shape index (κ1) is 37.7. The second-order valence-corrected chi connectivity index (χ2v) is 18.6. The number of anilines is 1. The number of ether oxygens (including phenoxy) is 2. The van der Waals surface area contributed by atoms with Crippen molar-refractivity contribution in [2.24, 2.45) is 17.8 Å². The number of piperazine rings is 1. The van der Waals surface area contributed by atoms with Gasteiger partial charge in [0.1, 0.15) is 18.0 Å². The van der Waals surface area contributed by atoms with Crippen molar-refractivity contribution in [1.82, 2.24) is 14.5 Å². The van der Waals surface area contributed by atoms with Gasteiger partial charge in [-0.05, 0) is 124 Å². The highest BCUT2D eigenvalue weighted by Crippen LogP contribution is 2.47. The van der Waals surface area contributed by atoms with Crippen molar-refractivity contribution in [3.63, 3.8) is 0 Å². The van der Waals surface area contributed by atoms with E-state index < -0.39 is 26.8 Å². The van der Waals surface area contributed by atoms with Gasteiger partial charge in [-0.1, -0.05) is 43.2 Å². The molecule has 1 amide bonds. The van der Waals surface area contributed by atoms with Gasteiger partial charge in [0, 0.05) is 63.0 Å². The minimum Gasteiger partial charge on any atom is -0.487 e. The van der Waals surface area contributed by atoms with Crippen LogP contribution in [0, 0.1) is 17.8 Å². The SMILES string of the molecule is CO[C@]1(CN2CCN3CCCC[C@@H]3C2)/C=C/C[C@H](C)[C@@H](C)S(=O)(=O)NC(=O)c2ccc3c(c2)N(CCCCc2cc(Cl)ccc2CO3)C[C@@H]2CC[C@H]21. The van der Waals surface area contributed by atoms with E-state index in [9.17, 15) is 13.2 Å². The number of nitrogens with one attached hydrogen (secondary N) is 1. The van der Waals surface area contributed by atoms with Crippen molar-refractivity contribution in [2.45, 2.75) is 95.1 Å². The third kappa shape index (κ3) is 8.07. The molecular formula is C41H57ClN4O5S. The van der Waals surface area contributed by atoms with Crippen LogP contribution >= 0.6 is 11.6 Å². The van der Waals surface area contributed by atoms with E-state index in [2.05, 4.69) is 31.6 Å². The fourth-order valence-electron chi connectivity index (χ4n) is 9.35. The van der Waals surface area contributed by atoms with Gasteiger partial charge in [0.15, 0.2) is 0 Å². The second-order valence-electron chi connectivity index (χ2n) is 16.1. The summed E-state index contributed by atoms with van der Waals surface area (Å²) >= 11 is 6.41. The molecule has 7 rings (SSSR count). The number of nitrogens with zero attached hydrogens (tertiary/aromatic N) is 3. The molecule has 4 heterocycles. The molecule has 1 aliphatic carbocycles. The first-order valence-electron chi connectivity index (χ1n) is 19.6. The number of sulfonamides is 1. The Balaban J connectivity index is 1.25. The predicted molar refractivity (Wildman–Crippen MR) is 208 cm³/mol. The van der Waals surface area contributed by atoms with Crippen LogP contribution in [0.3, 0.4) is 0 Å². The summed E-state index contributed by atoms with van der Waals surface area (Å²) in [5.41, 5.74) is 2.93. The topological polar surface area (TPSA) is 91.4 Å². The zero-order valence-electron chi connectivity index (χ0n) is 31.2. The summed E-state index contributed by atoms with van der Waals surface area (Å²) < 4.78 is 42.9. The standard InChI is InChI=1S/C41H57ClN4O5S/c1-29-9-8-18-41(50-3,28-44-21-22-45-19-7-5-11-36(45)26-44)37-16-13-33(37)25-46-20-6-4-10-31-23-35(42)15-12-34(31)27-51-39-17-14-32(24-38(39)46)40(47)43-52(48,49)30(29)2/h8,12,14-15,17-18,23-24,29-30,33,36-37H,4-7,9-11,13,16,19-22,25-28H2,1-3H3,(H,43,47)/b18-8+/t29-,30+,33-,36+,37+,41-/m0/s1. The van der Waals surface area contributed by atoms with Crippen LogP contribution in [0.4, 0.5) is 5.69 Å². The minimum absolute atomic E-state index is 0.207. The van der Waals surface area contributed by atoms with Gasteiger partial charge in [0.25, 0.3) is 5.91 Å². The normalized spacial score (nSPS) is 32.4. The van der Waals surface area contributed by atoms with Crippen LogP contribution in [-0.4, -0.2) is 93.9 Å². The first-order chi connectivity index (χ1) is 25.0. The maximum atomic E-state index is 13.6. The molecule has 0 aromatic heterocycles. The van der Waals surface area contributed by atoms with Crippen molar-refractivity contribution in [3.05, 3.63) is 70.3 Å². The van der Waals surface area contributed by atoms with Gasteiger partial charge in [-0.3, -0.25) is 14.6 Å². The van der Waals surface area contributed by atoms with Crippen molar-refractivity contribution in [3.8, 4) is 5.75 Å². The van der Waals surface area contributed by atoms with E-state index in [0.717, 1.165) is 87.6 Å². The Kier molecular flexibility index (Phi) is 11.6. The summed E-state index contributed by atoms with van der Waals surface area (Å²) in [5, 5.41) is -0.0446. The lowest BCUT2D eigenvalue weighted by atomic mass is 9.63. The Morgan fingerprint density at radius 1 is 0.962 bits per heavy atom. The number of rotatable bonds is 3. The van der Waals surface area contributed by atoms with Crippen molar-refractivity contribution >= 4 is 33.2 Å². The maximum Gasteiger partial charge on any atom is 0.264 e. The maximum absolute atomic E-state index is 13.6. The van der Waals surface area contributed by atoms with Crippen LogP contribution in [0.15, 0.2) is 48.6 Å². The molecule has 1 N–H and O–H groups in total. The summed E-state index contributed by atoms with van der Waals surface area (Å²) in [4.78, 5) is 21.3. The first-order valence-corrected chi connectivity index (χ1v) is 21.5. The lowest BCUT2D eigenvalue weighted by Crippen LogP contribution is -2.61. The van der Waals surface area contributed by atoms with Crippen LogP contribution in [0.1, 0.15) is 86.7 Å². The Bertz CT molecular complexity index is 1740. The average Bonchev–Trinajstić information content (AvgIpc) is 3.15. The zero-order valence-corrected chi connectivity index (χ0v) is 32.8. The summed E-state index contributed by atoms with van der Waals surface area (Å²) in [6.07, 6.45) is 13.9. The van der Waals surface area contributed by atoms with Gasteiger partial charge in [-0.25, -0.2) is 13.1 Å². The number of carbonyl (C=O) groups is 1. The van der Waals surface area contributed by atoms with Gasteiger partial charge < -0.3 is 14.4 Å². The number of hydrogen-bond acceptors (Lipinski definition) is 8. The number of amides is 1. The Hall–Kier alpha value is -2.63. The van der Waals surface area contributed by atoms with E-state index >= 15 is 0 Å². The van der Waals surface area contributed by atoms with Gasteiger partial charge in [-0.15, -0.1) is 0 Å². The molecule has 2 aromatic carbocycles. The lowest BCUT2D eigenvalue weighted by Gasteiger charge is -2.53. The van der Waals surface area contributed by atoms with Gasteiger partial charge in [-0.2, -0.15) is 0 Å². The second kappa shape index (κ2) is 16.0. The summed E-state index contributed by atoms with van der Waals surface area (Å²) in [6, 6.07) is 11.9. The number of piperidine rings is 1. The molecule has 0 radical (unpaired) electrons. The summed E-state index contributed by atoms with van der Waals surface area (Å²) in [6.45, 7) is 10.8. The molecule has 2 saturated heterocycles. The van der Waals surface area contributed by atoms with Crippen molar-refractivity contribution in [1.29, 1.82) is 0 Å². The monoisotopic (exact) mass is 752 g/mol. The third-order valence-electron chi connectivity index (χ3n) is 12.9. The number of halogens is 1. The number of methoxy groups -OCH3 is 1. The van der Waals surface area contributed by atoms with Gasteiger partial charge in [0.2, 0.25) is 10.0 Å². The summed E-state index contributed by atoms with van der Waals surface area (Å²) in [7, 11) is -2.08. The number of aryl methyl sites for hydroxylation is 1. The summed E-state index contributed by atoms with van der Waals surface area (Å²) in [5.74, 6) is 0.529. The highest BCUT2D eigenvalue weighted by molar-refractivity contribution is 7.90. The van der Waals surface area contributed by atoms with E-state index in [-0.39, 0.29) is 5.92 Å². The van der Waals surface area contributed by atoms with E-state index in [1.54, 1.807) is 13.0 Å². The van der Waals surface area contributed by atoms with Crippen LogP contribution < -0.4 is 14.4 Å². The number of hydrogen-bond donors (Lipinski definition) is 1. The number of carbonyl (C=O) groups excluding carboxylic acids is 1. The lowest BCUT2D eigenvalue weighted by molar-refractivity contribution is -0.1000. The van der Waals surface area contributed by atoms with E-state index in [1.807, 2.05) is 44.4 Å². The highest BCUT2D eigenvalue weighted by Gasteiger charge is 2.49. The molecule has 4 aliphatic heterocycles. The van der Waals surface area contributed by atoms with Crippen molar-refractivity contribution in [2.75, 3.05) is 57.8 Å². The van der Waals surface area contributed by atoms with E-state index in [4.69, 9.17) is 21.1 Å². The Morgan fingerprint density at radius 3 is 2.62 bits per heavy atom. The molecule has 9 nitrogen and oxygen atoms in total. The Morgan fingerprint density at radius 2 is 1.81 bits per heavy atom. The molecule has 1 saturated carbocycles. The molecule has 2 bridgehead atoms. The fourth-order valence-corrected chi connectivity index (χ4v) is 10.8. The minimum atomic E-state index is -3.95. The molecule has 0 unspecified atom stereocenters. The zero-order chi connectivity index (χ0) is 36.5. The van der Waals surface area contributed by atoms with E-state index in [0.29, 0.717) is 42.2 Å². The van der Waals surface area contributed by atoms with Crippen LogP contribution in [0.25, 0.3) is 0 Å². The molecule has 5 aliphatic rings. The molecular weight excluding hydrogens is 696 g/mol. The van der Waals surface area contributed by atoms with Gasteiger partial charge >= 0.3 is 0 Å². The van der Waals surface area contributed by atoms with Crippen LogP contribution in [-0.2, 0) is 27.8 Å². The van der Waals surface area contributed by atoms with E-state index in [1.165, 1.54) is 31.4 Å². The predicted octanol–water partition coefficient (Wildman–Crippen LogP) is 6.69. The smallest absolute Gasteiger partial charge is 0.264 e. The Labute approximate surface area is 316 Å². The molecule has 0 spiro atoms. The third-order valence-corrected chi connectivity index (χ3v) is 15.1. The van der Waals surface area contributed by atoms with Crippen LogP contribution in [0.2, 0.25) is 5.02 Å². The largest absolute Gasteiger partial charge is 0.487 e. The number of allylic oxidation sites excluding steroid dienone is 1. The molecule has 6 atom stereocenters. The van der Waals surface area contributed by atoms with Gasteiger partial charge in [0.05, 0.1) is 10.9 Å². The molecule has 52 heavy (non-hydrogen) atoms.